The third-order valence-corrected chi connectivity index (χ3v) is 4.33. The van der Waals surface area contributed by atoms with Crippen LogP contribution in [0.3, 0.4) is 0 Å². The number of guanidine groups is 1. The first kappa shape index (κ1) is 18.2. The Labute approximate surface area is 130 Å². The topological polar surface area (TPSA) is 31.3 Å². The summed E-state index contributed by atoms with van der Waals surface area (Å²) in [5.74, 6) is 1.75. The molecule has 21 heavy (non-hydrogen) atoms. The zero-order valence-corrected chi connectivity index (χ0v) is 14.8. The molecule has 1 unspecified atom stereocenters. The standard InChI is InChI=1S/C16H34N4O/c1-7-14(8-2)15(20-9-11-21-12-10-20)13-17-16(18(3)4)19(5)6/h14-15H,7-13H2,1-6H3. The first-order valence-corrected chi connectivity index (χ1v) is 8.22. The highest BCUT2D eigenvalue weighted by atomic mass is 16.5. The van der Waals surface area contributed by atoms with E-state index in [9.17, 15) is 0 Å². The Kier molecular flexibility index (Phi) is 8.04. The van der Waals surface area contributed by atoms with E-state index in [2.05, 4.69) is 56.7 Å². The molecule has 124 valence electrons. The first-order valence-electron chi connectivity index (χ1n) is 8.22. The number of rotatable bonds is 6. The first-order chi connectivity index (χ1) is 10.0. The molecule has 5 nitrogen and oxygen atoms in total. The second kappa shape index (κ2) is 9.26. The Bertz CT molecular complexity index is 297. The van der Waals surface area contributed by atoms with Crippen LogP contribution >= 0.6 is 0 Å². The van der Waals surface area contributed by atoms with E-state index in [4.69, 9.17) is 9.73 Å². The van der Waals surface area contributed by atoms with E-state index in [1.807, 2.05) is 0 Å². The monoisotopic (exact) mass is 298 g/mol. The summed E-state index contributed by atoms with van der Waals surface area (Å²) in [6.07, 6.45) is 2.43. The SMILES string of the molecule is CCC(CC)C(CN=C(N(C)C)N(C)C)N1CCOCC1. The van der Waals surface area contributed by atoms with Crippen LogP contribution in [0.2, 0.25) is 0 Å². The summed E-state index contributed by atoms with van der Waals surface area (Å²) in [7, 11) is 8.22. The molecule has 0 bridgehead atoms. The van der Waals surface area contributed by atoms with Crippen molar-refractivity contribution in [3.05, 3.63) is 0 Å². The lowest BCUT2D eigenvalue weighted by atomic mass is 9.92. The number of nitrogens with zero attached hydrogens (tertiary/aromatic N) is 4. The van der Waals surface area contributed by atoms with Crippen molar-refractivity contribution < 1.29 is 4.74 Å². The maximum Gasteiger partial charge on any atom is 0.195 e. The molecule has 1 rings (SSSR count). The van der Waals surface area contributed by atoms with Gasteiger partial charge in [0, 0.05) is 47.3 Å². The van der Waals surface area contributed by atoms with Crippen LogP contribution in [0.15, 0.2) is 4.99 Å². The van der Waals surface area contributed by atoms with Crippen LogP contribution in [0, 0.1) is 5.92 Å². The smallest absolute Gasteiger partial charge is 0.195 e. The van der Waals surface area contributed by atoms with Crippen molar-refractivity contribution in [1.82, 2.24) is 14.7 Å². The maximum atomic E-state index is 5.50. The Balaban J connectivity index is 2.82. The Morgan fingerprint density at radius 3 is 2.00 bits per heavy atom. The Morgan fingerprint density at radius 2 is 1.57 bits per heavy atom. The van der Waals surface area contributed by atoms with Crippen LogP contribution in [0.1, 0.15) is 26.7 Å². The van der Waals surface area contributed by atoms with Gasteiger partial charge in [-0.2, -0.15) is 0 Å². The molecule has 0 spiro atoms. The fourth-order valence-corrected chi connectivity index (χ4v) is 3.16. The van der Waals surface area contributed by atoms with Gasteiger partial charge < -0.3 is 14.5 Å². The van der Waals surface area contributed by atoms with Crippen molar-refractivity contribution in [3.8, 4) is 0 Å². The zero-order chi connectivity index (χ0) is 15.8. The average molecular weight is 298 g/mol. The largest absolute Gasteiger partial charge is 0.379 e. The molecule has 1 fully saturated rings. The van der Waals surface area contributed by atoms with E-state index < -0.39 is 0 Å². The lowest BCUT2D eigenvalue weighted by Gasteiger charge is -2.38. The van der Waals surface area contributed by atoms with E-state index in [1.165, 1.54) is 12.8 Å². The van der Waals surface area contributed by atoms with Gasteiger partial charge >= 0.3 is 0 Å². The van der Waals surface area contributed by atoms with Gasteiger partial charge in [0.2, 0.25) is 0 Å². The van der Waals surface area contributed by atoms with Gasteiger partial charge in [0.15, 0.2) is 5.96 Å². The maximum absolute atomic E-state index is 5.50. The van der Waals surface area contributed by atoms with Crippen molar-refractivity contribution in [1.29, 1.82) is 0 Å². The predicted octanol–water partition coefficient (Wildman–Crippen LogP) is 1.60. The fourth-order valence-electron chi connectivity index (χ4n) is 3.16. The normalized spacial score (nSPS) is 17.7. The van der Waals surface area contributed by atoms with Gasteiger partial charge in [0.1, 0.15) is 0 Å². The number of hydrogen-bond donors (Lipinski definition) is 0. The van der Waals surface area contributed by atoms with Gasteiger partial charge in [-0.25, -0.2) is 0 Å². The molecule has 5 heteroatoms. The minimum atomic E-state index is 0.527. The van der Waals surface area contributed by atoms with E-state index >= 15 is 0 Å². The van der Waals surface area contributed by atoms with Crippen LogP contribution in [-0.4, -0.2) is 87.7 Å². The molecule has 0 amide bonds. The average Bonchev–Trinajstić information content (AvgIpc) is 2.47. The van der Waals surface area contributed by atoms with E-state index in [0.717, 1.165) is 38.8 Å². The predicted molar refractivity (Wildman–Crippen MR) is 89.9 cm³/mol. The minimum Gasteiger partial charge on any atom is -0.379 e. The van der Waals surface area contributed by atoms with Crippen molar-refractivity contribution >= 4 is 5.96 Å². The molecular formula is C16H34N4O. The molecule has 0 aromatic carbocycles. The lowest BCUT2D eigenvalue weighted by Crippen LogP contribution is -2.49. The second-order valence-corrected chi connectivity index (χ2v) is 6.22. The third-order valence-electron chi connectivity index (χ3n) is 4.33. The zero-order valence-electron chi connectivity index (χ0n) is 14.8. The van der Waals surface area contributed by atoms with Gasteiger partial charge in [0.25, 0.3) is 0 Å². The summed E-state index contributed by atoms with van der Waals surface area (Å²) < 4.78 is 5.50. The van der Waals surface area contributed by atoms with Crippen LogP contribution in [0.5, 0.6) is 0 Å². The van der Waals surface area contributed by atoms with Gasteiger partial charge in [-0.05, 0) is 5.92 Å². The Morgan fingerprint density at radius 1 is 1.05 bits per heavy atom. The van der Waals surface area contributed by atoms with Crippen molar-refractivity contribution in [2.75, 3.05) is 61.0 Å². The molecular weight excluding hydrogens is 264 g/mol. The van der Waals surface area contributed by atoms with Gasteiger partial charge in [-0.1, -0.05) is 26.7 Å². The number of aliphatic imine (C=N–C) groups is 1. The molecule has 0 N–H and O–H groups in total. The summed E-state index contributed by atoms with van der Waals surface area (Å²) in [5.41, 5.74) is 0. The van der Waals surface area contributed by atoms with Gasteiger partial charge in [-0.15, -0.1) is 0 Å². The summed E-state index contributed by atoms with van der Waals surface area (Å²) in [5, 5.41) is 0. The van der Waals surface area contributed by atoms with Crippen LogP contribution < -0.4 is 0 Å². The minimum absolute atomic E-state index is 0.527. The Hall–Kier alpha value is -0.810. The second-order valence-electron chi connectivity index (χ2n) is 6.22. The highest BCUT2D eigenvalue weighted by Gasteiger charge is 2.27. The molecule has 0 saturated carbocycles. The molecule has 1 atom stereocenters. The van der Waals surface area contributed by atoms with Crippen molar-refractivity contribution in [2.24, 2.45) is 10.9 Å². The molecule has 1 aliphatic rings. The summed E-state index contributed by atoms with van der Waals surface area (Å²) in [4.78, 5) is 11.7. The van der Waals surface area contributed by atoms with Crippen molar-refractivity contribution in [3.63, 3.8) is 0 Å². The van der Waals surface area contributed by atoms with Crippen LogP contribution in [0.4, 0.5) is 0 Å². The van der Waals surface area contributed by atoms with Crippen LogP contribution in [0.25, 0.3) is 0 Å². The van der Waals surface area contributed by atoms with Crippen molar-refractivity contribution in [2.45, 2.75) is 32.7 Å². The summed E-state index contributed by atoms with van der Waals surface area (Å²) in [6.45, 7) is 9.25. The lowest BCUT2D eigenvalue weighted by molar-refractivity contribution is 0.00388. The van der Waals surface area contributed by atoms with Gasteiger partial charge in [0.05, 0.1) is 19.8 Å². The van der Waals surface area contributed by atoms with E-state index in [0.29, 0.717) is 12.0 Å². The van der Waals surface area contributed by atoms with E-state index in [-0.39, 0.29) is 0 Å². The summed E-state index contributed by atoms with van der Waals surface area (Å²) >= 11 is 0. The number of hydrogen-bond acceptors (Lipinski definition) is 3. The number of morpholine rings is 1. The molecule has 0 radical (unpaired) electrons. The molecule has 1 heterocycles. The molecule has 0 aliphatic carbocycles. The van der Waals surface area contributed by atoms with E-state index in [1.54, 1.807) is 0 Å². The molecule has 0 aromatic rings. The fraction of sp³-hybridized carbons (Fsp3) is 0.938. The highest BCUT2D eigenvalue weighted by Crippen LogP contribution is 2.20. The molecule has 0 aromatic heterocycles. The van der Waals surface area contributed by atoms with Crippen LogP contribution in [-0.2, 0) is 4.74 Å². The highest BCUT2D eigenvalue weighted by molar-refractivity contribution is 5.79. The molecule has 1 saturated heterocycles. The quantitative estimate of drug-likeness (QED) is 0.551. The molecule has 1 aliphatic heterocycles. The third kappa shape index (κ3) is 5.47. The summed E-state index contributed by atoms with van der Waals surface area (Å²) in [6, 6.07) is 0.527. The van der Waals surface area contributed by atoms with Gasteiger partial charge in [-0.3, -0.25) is 9.89 Å². The number of ether oxygens (including phenoxy) is 1.